The smallest absolute Gasteiger partial charge is 0.328 e. The SMILES string of the molecule is COc1ccc(-c2coc3cc(OC(=O)[C@@H](C)N)cc(O)c3c2=O)cc1. The molecule has 0 aliphatic carbocycles. The maximum Gasteiger partial charge on any atom is 0.328 e. The van der Waals surface area contributed by atoms with E-state index < -0.39 is 17.4 Å². The molecule has 0 fully saturated rings. The maximum absolute atomic E-state index is 12.8. The summed E-state index contributed by atoms with van der Waals surface area (Å²) in [6.45, 7) is 1.48. The van der Waals surface area contributed by atoms with Crippen LogP contribution in [0.5, 0.6) is 17.2 Å². The van der Waals surface area contributed by atoms with Crippen LogP contribution in [0.3, 0.4) is 0 Å². The number of benzene rings is 2. The number of hydrogen-bond acceptors (Lipinski definition) is 7. The van der Waals surface area contributed by atoms with Gasteiger partial charge in [-0.3, -0.25) is 4.79 Å². The molecule has 0 saturated carbocycles. The van der Waals surface area contributed by atoms with Crippen LogP contribution in [0.15, 0.2) is 51.9 Å². The summed E-state index contributed by atoms with van der Waals surface area (Å²) >= 11 is 0. The Kier molecular flexibility index (Phi) is 4.64. The first-order valence-electron chi connectivity index (χ1n) is 7.81. The van der Waals surface area contributed by atoms with Gasteiger partial charge in [-0.2, -0.15) is 0 Å². The van der Waals surface area contributed by atoms with Crippen molar-refractivity contribution in [3.05, 3.63) is 52.9 Å². The Morgan fingerprint density at radius 3 is 2.50 bits per heavy atom. The van der Waals surface area contributed by atoms with Crippen molar-refractivity contribution in [1.29, 1.82) is 0 Å². The van der Waals surface area contributed by atoms with Crippen molar-refractivity contribution in [3.63, 3.8) is 0 Å². The Bertz CT molecular complexity index is 1020. The average molecular weight is 355 g/mol. The number of phenolic OH excluding ortho intramolecular Hbond substituents is 1. The first kappa shape index (κ1) is 17.5. The first-order chi connectivity index (χ1) is 12.4. The number of hydrogen-bond donors (Lipinski definition) is 2. The van der Waals surface area contributed by atoms with Crippen LogP contribution >= 0.6 is 0 Å². The van der Waals surface area contributed by atoms with Gasteiger partial charge in [0, 0.05) is 12.1 Å². The molecule has 3 aromatic rings. The number of ether oxygens (including phenoxy) is 2. The zero-order chi connectivity index (χ0) is 18.8. The molecule has 0 aliphatic rings. The summed E-state index contributed by atoms with van der Waals surface area (Å²) in [5.41, 5.74) is 6.04. The Balaban J connectivity index is 2.07. The molecule has 3 N–H and O–H groups in total. The van der Waals surface area contributed by atoms with Gasteiger partial charge in [0.25, 0.3) is 0 Å². The number of nitrogens with two attached hydrogens (primary N) is 1. The number of methoxy groups -OCH3 is 1. The van der Waals surface area contributed by atoms with Gasteiger partial charge in [0.05, 0.1) is 12.7 Å². The fraction of sp³-hybridized carbons (Fsp3) is 0.158. The van der Waals surface area contributed by atoms with E-state index in [2.05, 4.69) is 0 Å². The third kappa shape index (κ3) is 3.25. The van der Waals surface area contributed by atoms with Gasteiger partial charge >= 0.3 is 5.97 Å². The van der Waals surface area contributed by atoms with Crippen molar-refractivity contribution < 1.29 is 23.8 Å². The second-order valence-corrected chi connectivity index (χ2v) is 5.73. The molecule has 2 aromatic carbocycles. The highest BCUT2D eigenvalue weighted by atomic mass is 16.5. The molecule has 0 spiro atoms. The minimum absolute atomic E-state index is 0.00101. The largest absolute Gasteiger partial charge is 0.507 e. The second kappa shape index (κ2) is 6.89. The van der Waals surface area contributed by atoms with Crippen molar-refractivity contribution in [2.75, 3.05) is 7.11 Å². The topological polar surface area (TPSA) is 112 Å². The summed E-state index contributed by atoms with van der Waals surface area (Å²) in [5, 5.41) is 10.2. The number of fused-ring (bicyclic) bond motifs is 1. The van der Waals surface area contributed by atoms with E-state index in [9.17, 15) is 14.7 Å². The molecular weight excluding hydrogens is 338 g/mol. The lowest BCUT2D eigenvalue weighted by Crippen LogP contribution is -2.30. The lowest BCUT2D eigenvalue weighted by molar-refractivity contribution is -0.135. The summed E-state index contributed by atoms with van der Waals surface area (Å²) < 4.78 is 15.6. The molecule has 1 atom stereocenters. The molecule has 3 rings (SSSR count). The zero-order valence-electron chi connectivity index (χ0n) is 14.2. The molecule has 0 amide bonds. The number of aromatic hydroxyl groups is 1. The van der Waals surface area contributed by atoms with Crippen LogP contribution < -0.4 is 20.6 Å². The highest BCUT2D eigenvalue weighted by molar-refractivity contribution is 5.89. The van der Waals surface area contributed by atoms with Crippen molar-refractivity contribution >= 4 is 16.9 Å². The fourth-order valence-electron chi connectivity index (χ4n) is 2.45. The van der Waals surface area contributed by atoms with Gasteiger partial charge < -0.3 is 24.7 Å². The zero-order valence-corrected chi connectivity index (χ0v) is 14.2. The minimum atomic E-state index is -0.822. The average Bonchev–Trinajstić information content (AvgIpc) is 2.61. The predicted octanol–water partition coefficient (Wildman–Crippen LogP) is 2.43. The van der Waals surface area contributed by atoms with Crippen LogP contribution in [-0.2, 0) is 4.79 Å². The van der Waals surface area contributed by atoms with E-state index in [4.69, 9.17) is 19.6 Å². The minimum Gasteiger partial charge on any atom is -0.507 e. The standard InChI is InChI=1S/C19H17NO6/c1-10(20)19(23)26-13-7-15(21)17-16(8-13)25-9-14(18(17)22)11-3-5-12(24-2)6-4-11/h3-10,21H,20H2,1-2H3/t10-/m1/s1. The highest BCUT2D eigenvalue weighted by Crippen LogP contribution is 2.30. The van der Waals surface area contributed by atoms with Crippen LogP contribution in [-0.4, -0.2) is 24.2 Å². The van der Waals surface area contributed by atoms with Crippen LogP contribution in [0.1, 0.15) is 6.92 Å². The molecule has 26 heavy (non-hydrogen) atoms. The molecule has 0 aliphatic heterocycles. The molecule has 7 heteroatoms. The number of phenols is 1. The number of carbonyl (C=O) groups excluding carboxylic acids is 1. The van der Waals surface area contributed by atoms with E-state index in [1.165, 1.54) is 25.3 Å². The molecule has 0 radical (unpaired) electrons. The predicted molar refractivity (Wildman–Crippen MR) is 95.4 cm³/mol. The van der Waals surface area contributed by atoms with Crippen molar-refractivity contribution in [1.82, 2.24) is 0 Å². The summed E-state index contributed by atoms with van der Waals surface area (Å²) in [7, 11) is 1.55. The quantitative estimate of drug-likeness (QED) is 0.546. The van der Waals surface area contributed by atoms with Gasteiger partial charge in [-0.05, 0) is 24.6 Å². The first-order valence-corrected chi connectivity index (χ1v) is 7.81. The van der Waals surface area contributed by atoms with Crippen LogP contribution in [0.2, 0.25) is 0 Å². The summed E-state index contributed by atoms with van der Waals surface area (Å²) in [5.74, 6) is -0.319. The highest BCUT2D eigenvalue weighted by Gasteiger charge is 2.17. The van der Waals surface area contributed by atoms with E-state index >= 15 is 0 Å². The Morgan fingerprint density at radius 1 is 1.19 bits per heavy atom. The molecule has 134 valence electrons. The lowest BCUT2D eigenvalue weighted by Gasteiger charge is -2.09. The van der Waals surface area contributed by atoms with Crippen LogP contribution in [0.25, 0.3) is 22.1 Å². The normalized spacial score (nSPS) is 12.0. The van der Waals surface area contributed by atoms with Crippen LogP contribution in [0.4, 0.5) is 0 Å². The van der Waals surface area contributed by atoms with Crippen LogP contribution in [0, 0.1) is 0 Å². The molecule has 7 nitrogen and oxygen atoms in total. The van der Waals surface area contributed by atoms with Crippen molar-refractivity contribution in [3.8, 4) is 28.4 Å². The Labute approximate surface area is 148 Å². The number of carbonyl (C=O) groups is 1. The van der Waals surface area contributed by atoms with Crippen molar-refractivity contribution in [2.45, 2.75) is 13.0 Å². The van der Waals surface area contributed by atoms with Gasteiger partial charge in [0.1, 0.15) is 40.5 Å². The van der Waals surface area contributed by atoms with E-state index in [1.807, 2.05) is 0 Å². The molecule has 1 aromatic heterocycles. The molecule has 0 unspecified atom stereocenters. The third-order valence-electron chi connectivity index (χ3n) is 3.82. The fourth-order valence-corrected chi connectivity index (χ4v) is 2.45. The summed E-state index contributed by atoms with van der Waals surface area (Å²) in [6, 6.07) is 8.58. The van der Waals surface area contributed by atoms with Gasteiger partial charge in [-0.15, -0.1) is 0 Å². The van der Waals surface area contributed by atoms with Gasteiger partial charge in [-0.25, -0.2) is 4.79 Å². The summed E-state index contributed by atoms with van der Waals surface area (Å²) in [6.07, 6.45) is 1.29. The molecule has 1 heterocycles. The summed E-state index contributed by atoms with van der Waals surface area (Å²) in [4.78, 5) is 24.4. The maximum atomic E-state index is 12.8. The molecule has 0 bridgehead atoms. The van der Waals surface area contributed by atoms with E-state index in [0.717, 1.165) is 0 Å². The van der Waals surface area contributed by atoms with Gasteiger partial charge in [0.15, 0.2) is 0 Å². The Morgan fingerprint density at radius 2 is 1.88 bits per heavy atom. The molecular formula is C19H17NO6. The molecule has 0 saturated heterocycles. The number of esters is 1. The van der Waals surface area contributed by atoms with Gasteiger partial charge in [-0.1, -0.05) is 12.1 Å². The Hall–Kier alpha value is -3.32. The van der Waals surface area contributed by atoms with E-state index in [1.54, 1.807) is 31.4 Å². The number of rotatable bonds is 4. The van der Waals surface area contributed by atoms with E-state index in [-0.39, 0.29) is 28.0 Å². The van der Waals surface area contributed by atoms with E-state index in [0.29, 0.717) is 11.3 Å². The van der Waals surface area contributed by atoms with Crippen molar-refractivity contribution in [2.24, 2.45) is 5.73 Å². The second-order valence-electron chi connectivity index (χ2n) is 5.73. The van der Waals surface area contributed by atoms with Gasteiger partial charge in [0.2, 0.25) is 5.43 Å². The lowest BCUT2D eigenvalue weighted by atomic mass is 10.0. The third-order valence-corrected chi connectivity index (χ3v) is 3.82. The monoisotopic (exact) mass is 355 g/mol.